The maximum absolute atomic E-state index is 8.61. The Hall–Kier alpha value is -1.18. The fourth-order valence-corrected chi connectivity index (χ4v) is 1.40. The quantitative estimate of drug-likeness (QED) is 0.444. The average Bonchev–Trinajstić information content (AvgIpc) is 2.51. The highest BCUT2D eigenvalue weighted by Gasteiger charge is 1.98. The second-order valence-electron chi connectivity index (χ2n) is 2.09. The van der Waals surface area contributed by atoms with Gasteiger partial charge in [-0.25, -0.2) is 0 Å². The van der Waals surface area contributed by atoms with E-state index in [2.05, 4.69) is 12.2 Å². The Morgan fingerprint density at radius 3 is 2.92 bits per heavy atom. The van der Waals surface area contributed by atoms with Gasteiger partial charge in [-0.3, -0.25) is 0 Å². The van der Waals surface area contributed by atoms with Crippen LogP contribution in [-0.2, 0) is 0 Å². The molecule has 0 atom stereocenters. The van der Waals surface area contributed by atoms with E-state index in [0.29, 0.717) is 5.57 Å². The zero-order valence-electron chi connectivity index (χ0n) is 6.15. The first-order valence-corrected chi connectivity index (χ1v) is 4.53. The third kappa shape index (κ3) is 2.16. The molecular weight excluding hydrogens is 188 g/mol. The van der Waals surface area contributed by atoms with Gasteiger partial charge in [-0.2, -0.15) is 16.6 Å². The molecule has 0 bridgehead atoms. The fourth-order valence-electron chi connectivity index (χ4n) is 0.682. The highest BCUT2D eigenvalue weighted by atomic mass is 32.1. The van der Waals surface area contributed by atoms with Crippen LogP contribution in [0.2, 0.25) is 0 Å². The second-order valence-corrected chi connectivity index (χ2v) is 3.31. The van der Waals surface area contributed by atoms with Crippen LogP contribution in [-0.4, -0.2) is 4.99 Å². The normalized spacial score (nSPS) is 10.8. The van der Waals surface area contributed by atoms with Gasteiger partial charge >= 0.3 is 0 Å². The molecule has 0 fully saturated rings. The van der Waals surface area contributed by atoms with Crippen molar-refractivity contribution in [3.05, 3.63) is 28.0 Å². The topological polar surface area (TPSA) is 49.8 Å². The predicted octanol–water partition coefficient (Wildman–Crippen LogP) is 1.94. The summed E-state index contributed by atoms with van der Waals surface area (Å²) in [6.07, 6.45) is 1.68. The largest absolute Gasteiger partial charge is 0.389 e. The van der Waals surface area contributed by atoms with Crippen LogP contribution in [0, 0.1) is 11.3 Å². The molecule has 0 aliphatic heterocycles. The van der Waals surface area contributed by atoms with E-state index in [9.17, 15) is 0 Å². The third-order valence-electron chi connectivity index (χ3n) is 1.24. The summed E-state index contributed by atoms with van der Waals surface area (Å²) >= 11 is 6.25. The lowest BCUT2D eigenvalue weighted by Crippen LogP contribution is -2.09. The fraction of sp³-hybridized carbons (Fsp3) is 0. The van der Waals surface area contributed by atoms with E-state index in [-0.39, 0.29) is 4.99 Å². The summed E-state index contributed by atoms with van der Waals surface area (Å²) in [5.41, 5.74) is 6.62. The number of nitrogens with zero attached hydrogens (tertiary/aromatic N) is 1. The summed E-state index contributed by atoms with van der Waals surface area (Å²) in [5.74, 6) is 0. The molecule has 60 valence electrons. The molecule has 4 heteroatoms. The highest BCUT2D eigenvalue weighted by Crippen LogP contribution is 2.10. The molecule has 0 amide bonds. The summed E-state index contributed by atoms with van der Waals surface area (Å²) in [5, 5.41) is 12.5. The molecule has 0 aliphatic rings. The molecule has 0 spiro atoms. The highest BCUT2D eigenvalue weighted by molar-refractivity contribution is 7.80. The molecule has 2 nitrogen and oxygen atoms in total. The van der Waals surface area contributed by atoms with Gasteiger partial charge in [-0.15, -0.1) is 0 Å². The lowest BCUT2D eigenvalue weighted by atomic mass is 10.2. The monoisotopic (exact) mass is 194 g/mol. The van der Waals surface area contributed by atoms with E-state index in [1.165, 1.54) is 0 Å². The maximum atomic E-state index is 8.61. The van der Waals surface area contributed by atoms with Crippen LogP contribution in [0.15, 0.2) is 22.4 Å². The zero-order chi connectivity index (χ0) is 8.97. The van der Waals surface area contributed by atoms with Crippen LogP contribution in [0.5, 0.6) is 0 Å². The Bertz CT molecular complexity index is 344. The second kappa shape index (κ2) is 4.00. The van der Waals surface area contributed by atoms with Crippen LogP contribution < -0.4 is 5.73 Å². The van der Waals surface area contributed by atoms with Gasteiger partial charge in [0.05, 0.1) is 5.57 Å². The number of thiocarbonyl (C=S) groups is 1. The molecule has 2 N–H and O–H groups in total. The number of thiophene rings is 1. The van der Waals surface area contributed by atoms with Gasteiger partial charge in [-0.05, 0) is 28.5 Å². The van der Waals surface area contributed by atoms with Gasteiger partial charge in [0.2, 0.25) is 0 Å². The molecule has 1 aromatic rings. The number of nitrogens with two attached hydrogens (primary N) is 1. The third-order valence-corrected chi connectivity index (χ3v) is 2.16. The average molecular weight is 194 g/mol. The molecule has 0 aliphatic carbocycles. The molecular formula is C8H6N2S2. The van der Waals surface area contributed by atoms with Crippen molar-refractivity contribution in [1.29, 1.82) is 5.26 Å². The first-order chi connectivity index (χ1) is 5.74. The smallest absolute Gasteiger partial charge is 0.114 e. The summed E-state index contributed by atoms with van der Waals surface area (Å²) in [4.78, 5) is 0.142. The van der Waals surface area contributed by atoms with Crippen molar-refractivity contribution in [2.45, 2.75) is 0 Å². The van der Waals surface area contributed by atoms with Crippen LogP contribution in [0.4, 0.5) is 0 Å². The van der Waals surface area contributed by atoms with Gasteiger partial charge in [0.15, 0.2) is 0 Å². The molecule has 1 aromatic heterocycles. The molecule has 0 saturated heterocycles. The van der Waals surface area contributed by atoms with Crippen LogP contribution in [0.25, 0.3) is 6.08 Å². The number of nitriles is 1. The van der Waals surface area contributed by atoms with Crippen LogP contribution >= 0.6 is 23.6 Å². The van der Waals surface area contributed by atoms with Gasteiger partial charge in [0.25, 0.3) is 0 Å². The van der Waals surface area contributed by atoms with Crippen LogP contribution in [0.1, 0.15) is 5.56 Å². The lowest BCUT2D eigenvalue weighted by Gasteiger charge is -1.91. The van der Waals surface area contributed by atoms with Crippen molar-refractivity contribution in [1.82, 2.24) is 0 Å². The molecule has 1 rings (SSSR count). The predicted molar refractivity (Wildman–Crippen MR) is 54.7 cm³/mol. The minimum absolute atomic E-state index is 0.142. The molecule has 0 aromatic carbocycles. The van der Waals surface area contributed by atoms with Gasteiger partial charge < -0.3 is 5.73 Å². The van der Waals surface area contributed by atoms with E-state index in [1.54, 1.807) is 17.4 Å². The summed E-state index contributed by atoms with van der Waals surface area (Å²) in [7, 11) is 0. The van der Waals surface area contributed by atoms with E-state index in [0.717, 1.165) is 5.56 Å². The van der Waals surface area contributed by atoms with Gasteiger partial charge in [0.1, 0.15) is 11.1 Å². The van der Waals surface area contributed by atoms with Gasteiger partial charge in [-0.1, -0.05) is 12.2 Å². The Kier molecular flexibility index (Phi) is 2.97. The molecule has 0 unspecified atom stereocenters. The Morgan fingerprint density at radius 1 is 1.75 bits per heavy atom. The van der Waals surface area contributed by atoms with E-state index in [4.69, 9.17) is 11.0 Å². The number of hydrogen-bond donors (Lipinski definition) is 1. The summed E-state index contributed by atoms with van der Waals surface area (Å²) < 4.78 is 0. The Labute approximate surface area is 79.9 Å². The van der Waals surface area contributed by atoms with Crippen LogP contribution in [0.3, 0.4) is 0 Å². The molecule has 1 heterocycles. The maximum Gasteiger partial charge on any atom is 0.114 e. The summed E-state index contributed by atoms with van der Waals surface area (Å²) in [6.45, 7) is 0. The van der Waals surface area contributed by atoms with Crippen molar-refractivity contribution >= 4 is 34.6 Å². The van der Waals surface area contributed by atoms with Crippen molar-refractivity contribution in [3.8, 4) is 6.07 Å². The Morgan fingerprint density at radius 2 is 2.50 bits per heavy atom. The van der Waals surface area contributed by atoms with E-state index in [1.807, 2.05) is 22.9 Å². The van der Waals surface area contributed by atoms with Crippen molar-refractivity contribution in [3.63, 3.8) is 0 Å². The van der Waals surface area contributed by atoms with E-state index < -0.39 is 0 Å². The standard InChI is InChI=1S/C8H6N2S2/c9-4-7(8(10)11)3-6-1-2-12-5-6/h1-3,5H,(H2,10,11)/b7-3+. The van der Waals surface area contributed by atoms with Gasteiger partial charge in [0, 0.05) is 0 Å². The Balaban J connectivity index is 2.95. The lowest BCUT2D eigenvalue weighted by molar-refractivity contribution is 1.51. The molecule has 0 radical (unpaired) electrons. The molecule has 12 heavy (non-hydrogen) atoms. The van der Waals surface area contributed by atoms with Crippen molar-refractivity contribution in [2.75, 3.05) is 0 Å². The zero-order valence-corrected chi connectivity index (χ0v) is 7.78. The SMILES string of the molecule is N#C/C(=C\c1ccsc1)C(N)=S. The van der Waals surface area contributed by atoms with E-state index >= 15 is 0 Å². The first kappa shape index (κ1) is 8.91. The summed E-state index contributed by atoms with van der Waals surface area (Å²) in [6, 6.07) is 3.84. The minimum atomic E-state index is 0.142. The van der Waals surface area contributed by atoms with Crippen molar-refractivity contribution < 1.29 is 0 Å². The molecule has 0 saturated carbocycles. The minimum Gasteiger partial charge on any atom is -0.389 e. The van der Waals surface area contributed by atoms with Crippen molar-refractivity contribution in [2.24, 2.45) is 5.73 Å². The first-order valence-electron chi connectivity index (χ1n) is 3.18. The number of hydrogen-bond acceptors (Lipinski definition) is 3. The number of rotatable bonds is 2.